The van der Waals surface area contributed by atoms with Crippen molar-refractivity contribution in [2.45, 2.75) is 24.3 Å². The number of ether oxygens (including phenoxy) is 2. The Morgan fingerprint density at radius 3 is 2.18 bits per heavy atom. The van der Waals surface area contributed by atoms with Crippen molar-refractivity contribution in [3.05, 3.63) is 114 Å². The molecule has 0 aliphatic carbocycles. The fourth-order valence-corrected chi connectivity index (χ4v) is 5.07. The Kier molecular flexibility index (Phi) is 9.02. The van der Waals surface area contributed by atoms with Gasteiger partial charge in [-0.25, -0.2) is 8.42 Å². The summed E-state index contributed by atoms with van der Waals surface area (Å²) in [5.74, 6) is 0.921. The minimum absolute atomic E-state index is 0.0164. The third-order valence-electron chi connectivity index (χ3n) is 5.51. The van der Waals surface area contributed by atoms with Crippen LogP contribution in [0.2, 0.25) is 5.02 Å². The Labute approximate surface area is 227 Å². The van der Waals surface area contributed by atoms with Crippen molar-refractivity contribution in [2.24, 2.45) is 0 Å². The van der Waals surface area contributed by atoms with Gasteiger partial charge in [0.1, 0.15) is 17.5 Å². The van der Waals surface area contributed by atoms with Gasteiger partial charge in [-0.3, -0.25) is 4.79 Å². The molecule has 0 spiro atoms. The van der Waals surface area contributed by atoms with Crippen LogP contribution in [0.15, 0.2) is 108 Å². The molecule has 1 amide bonds. The molecule has 0 bridgehead atoms. The lowest BCUT2D eigenvalue weighted by Gasteiger charge is -2.20. The number of rotatable bonds is 11. The molecule has 7 nitrogen and oxygen atoms in total. The Bertz CT molecular complexity index is 1460. The summed E-state index contributed by atoms with van der Waals surface area (Å²) in [5, 5.41) is 3.18. The lowest BCUT2D eigenvalue weighted by atomic mass is 10.1. The normalized spacial score (nSPS) is 11.9. The van der Waals surface area contributed by atoms with E-state index in [-0.39, 0.29) is 11.3 Å². The fourth-order valence-electron chi connectivity index (χ4n) is 3.70. The van der Waals surface area contributed by atoms with Crippen molar-refractivity contribution < 1.29 is 22.7 Å². The molecule has 4 aromatic carbocycles. The summed E-state index contributed by atoms with van der Waals surface area (Å²) in [4.78, 5) is 13.5. The predicted molar refractivity (Wildman–Crippen MR) is 148 cm³/mol. The maximum atomic E-state index is 13.5. The van der Waals surface area contributed by atoms with Gasteiger partial charge >= 0.3 is 0 Å². The van der Waals surface area contributed by atoms with E-state index in [1.54, 1.807) is 42.5 Å². The lowest BCUT2D eigenvalue weighted by Crippen LogP contribution is -2.45. The summed E-state index contributed by atoms with van der Waals surface area (Å²) in [6.07, 6.45) is 0.123. The van der Waals surface area contributed by atoms with E-state index < -0.39 is 22.0 Å². The molecule has 4 aromatic rings. The molecule has 1 atom stereocenters. The summed E-state index contributed by atoms with van der Waals surface area (Å²) in [6, 6.07) is 28.0. The Morgan fingerprint density at radius 2 is 1.53 bits per heavy atom. The molecule has 0 heterocycles. The number of anilines is 1. The molecule has 0 aliphatic rings. The van der Waals surface area contributed by atoms with Gasteiger partial charge in [-0.1, -0.05) is 60.1 Å². The SMILES string of the molecule is CCOc1ccc(S(=O)(=O)N[C@H](Cc2ccccc2)C(=O)Nc2cc(Cl)ccc2Oc2ccccc2)cc1. The second kappa shape index (κ2) is 12.6. The molecular weight excluding hydrogens is 524 g/mol. The van der Waals surface area contributed by atoms with Crippen molar-refractivity contribution >= 4 is 33.2 Å². The highest BCUT2D eigenvalue weighted by atomic mass is 35.5. The van der Waals surface area contributed by atoms with Gasteiger partial charge in [-0.05, 0) is 73.5 Å². The lowest BCUT2D eigenvalue weighted by molar-refractivity contribution is -0.117. The predicted octanol–water partition coefficient (Wildman–Crippen LogP) is 6.06. The largest absolute Gasteiger partial charge is 0.494 e. The van der Waals surface area contributed by atoms with Gasteiger partial charge in [0, 0.05) is 5.02 Å². The molecule has 9 heteroatoms. The number of amides is 1. The topological polar surface area (TPSA) is 93.7 Å². The zero-order valence-corrected chi connectivity index (χ0v) is 22.2. The molecular formula is C29H27ClN2O5S. The first-order valence-corrected chi connectivity index (χ1v) is 13.8. The van der Waals surface area contributed by atoms with Gasteiger partial charge < -0.3 is 14.8 Å². The van der Waals surface area contributed by atoms with Crippen LogP contribution in [0.4, 0.5) is 5.69 Å². The highest BCUT2D eigenvalue weighted by Gasteiger charge is 2.27. The number of hydrogen-bond acceptors (Lipinski definition) is 5. The Morgan fingerprint density at radius 1 is 0.868 bits per heavy atom. The number of nitrogens with one attached hydrogen (secondary N) is 2. The van der Waals surface area contributed by atoms with Crippen molar-refractivity contribution in [3.63, 3.8) is 0 Å². The molecule has 0 unspecified atom stereocenters. The molecule has 0 saturated carbocycles. The summed E-state index contributed by atoms with van der Waals surface area (Å²) in [5.41, 5.74) is 1.10. The summed E-state index contributed by atoms with van der Waals surface area (Å²) >= 11 is 6.21. The molecule has 0 radical (unpaired) electrons. The van der Waals surface area contributed by atoms with Gasteiger partial charge in [-0.2, -0.15) is 4.72 Å². The summed E-state index contributed by atoms with van der Waals surface area (Å²) < 4.78 is 40.4. The van der Waals surface area contributed by atoms with Gasteiger partial charge in [0.05, 0.1) is 17.2 Å². The molecule has 2 N–H and O–H groups in total. The number of para-hydroxylation sites is 1. The monoisotopic (exact) mass is 550 g/mol. The van der Waals surface area contributed by atoms with Crippen molar-refractivity contribution in [2.75, 3.05) is 11.9 Å². The molecule has 0 aliphatic heterocycles. The third-order valence-corrected chi connectivity index (χ3v) is 7.23. The average molecular weight is 551 g/mol. The van der Waals surface area contributed by atoms with Gasteiger partial charge in [0.25, 0.3) is 0 Å². The Hall–Kier alpha value is -3.85. The van der Waals surface area contributed by atoms with Crippen LogP contribution in [0.25, 0.3) is 0 Å². The first-order valence-electron chi connectivity index (χ1n) is 12.0. The second-order valence-corrected chi connectivity index (χ2v) is 10.5. The van der Waals surface area contributed by atoms with Crippen molar-refractivity contribution in [3.8, 4) is 17.2 Å². The number of carbonyl (C=O) groups excluding carboxylic acids is 1. The van der Waals surface area contributed by atoms with E-state index in [0.717, 1.165) is 5.56 Å². The third kappa shape index (κ3) is 7.35. The molecule has 4 rings (SSSR count). The van der Waals surface area contributed by atoms with Crippen LogP contribution in [0.5, 0.6) is 17.2 Å². The van der Waals surface area contributed by atoms with Gasteiger partial charge in [0.2, 0.25) is 15.9 Å². The van der Waals surface area contributed by atoms with Crippen LogP contribution < -0.4 is 19.5 Å². The number of hydrogen-bond donors (Lipinski definition) is 2. The van der Waals surface area contributed by atoms with E-state index in [1.165, 1.54) is 12.1 Å². The molecule has 0 aromatic heterocycles. The minimum Gasteiger partial charge on any atom is -0.494 e. The molecule has 38 heavy (non-hydrogen) atoms. The second-order valence-electron chi connectivity index (χ2n) is 8.31. The zero-order valence-electron chi connectivity index (χ0n) is 20.6. The van der Waals surface area contributed by atoms with Crippen LogP contribution in [-0.2, 0) is 21.2 Å². The molecule has 196 valence electrons. The standard InChI is InChI=1S/C29H27ClN2O5S/c1-2-36-23-14-16-25(17-15-23)38(34,35)32-27(19-21-9-5-3-6-10-21)29(33)31-26-20-22(30)13-18-28(26)37-24-11-7-4-8-12-24/h3-18,20,27,32H,2,19H2,1H3,(H,31,33)/t27-/m1/s1. The zero-order chi connectivity index (χ0) is 27.0. The van der Waals surface area contributed by atoms with Crippen molar-refractivity contribution in [1.82, 2.24) is 4.72 Å². The van der Waals surface area contributed by atoms with E-state index in [2.05, 4.69) is 10.0 Å². The quantitative estimate of drug-likeness (QED) is 0.237. The van der Waals surface area contributed by atoms with E-state index in [4.69, 9.17) is 21.1 Å². The van der Waals surface area contributed by atoms with E-state index in [9.17, 15) is 13.2 Å². The number of carbonyl (C=O) groups is 1. The number of halogens is 1. The van der Waals surface area contributed by atoms with Crippen molar-refractivity contribution in [1.29, 1.82) is 0 Å². The minimum atomic E-state index is -4.04. The van der Waals surface area contributed by atoms with Crippen LogP contribution in [0.1, 0.15) is 12.5 Å². The van der Waals surface area contributed by atoms with E-state index in [1.807, 2.05) is 55.5 Å². The smallest absolute Gasteiger partial charge is 0.243 e. The number of sulfonamides is 1. The average Bonchev–Trinajstić information content (AvgIpc) is 2.91. The maximum absolute atomic E-state index is 13.5. The Balaban J connectivity index is 1.60. The summed E-state index contributed by atoms with van der Waals surface area (Å²) in [7, 11) is -4.04. The van der Waals surface area contributed by atoms with Crippen LogP contribution in [-0.4, -0.2) is 27.0 Å². The van der Waals surface area contributed by atoms with Crippen LogP contribution in [0.3, 0.4) is 0 Å². The van der Waals surface area contributed by atoms with Gasteiger partial charge in [0.15, 0.2) is 5.75 Å². The van der Waals surface area contributed by atoms with Crippen LogP contribution >= 0.6 is 11.6 Å². The highest BCUT2D eigenvalue weighted by molar-refractivity contribution is 7.89. The number of benzene rings is 4. The van der Waals surface area contributed by atoms with Gasteiger partial charge in [-0.15, -0.1) is 0 Å². The highest BCUT2D eigenvalue weighted by Crippen LogP contribution is 2.32. The van der Waals surface area contributed by atoms with Crippen LogP contribution in [0, 0.1) is 0 Å². The fraction of sp³-hybridized carbons (Fsp3) is 0.138. The van der Waals surface area contributed by atoms with E-state index in [0.29, 0.717) is 34.6 Å². The summed E-state index contributed by atoms with van der Waals surface area (Å²) in [6.45, 7) is 2.30. The molecule has 0 fully saturated rings. The molecule has 0 saturated heterocycles. The first-order chi connectivity index (χ1) is 18.3. The first kappa shape index (κ1) is 27.2. The van der Waals surface area contributed by atoms with E-state index >= 15 is 0 Å². The maximum Gasteiger partial charge on any atom is 0.243 e.